The first-order valence-corrected chi connectivity index (χ1v) is 6.95. The highest BCUT2D eigenvalue weighted by atomic mass is 35.5. The molecular weight excluding hydrogens is 242 g/mol. The summed E-state index contributed by atoms with van der Waals surface area (Å²) in [6.07, 6.45) is 1.92. The number of alkyl halides is 1. The van der Waals surface area contributed by atoms with Crippen LogP contribution >= 0.6 is 22.9 Å². The van der Waals surface area contributed by atoms with Crippen molar-refractivity contribution < 1.29 is 4.79 Å². The van der Waals surface area contributed by atoms with Crippen molar-refractivity contribution in [1.29, 1.82) is 0 Å². The number of carbonyl (C=O) groups excluding carboxylic acids is 1. The first-order valence-electron chi connectivity index (χ1n) is 5.60. The molecule has 1 amide bonds. The third kappa shape index (κ3) is 4.14. The van der Waals surface area contributed by atoms with E-state index >= 15 is 0 Å². The Balaban J connectivity index is 2.40. The molecule has 0 aliphatic rings. The largest absolute Gasteiger partial charge is 0.351 e. The van der Waals surface area contributed by atoms with Crippen molar-refractivity contribution in [3.8, 4) is 0 Å². The van der Waals surface area contributed by atoms with E-state index in [2.05, 4.69) is 19.2 Å². The summed E-state index contributed by atoms with van der Waals surface area (Å²) < 4.78 is 0. The van der Waals surface area contributed by atoms with Crippen LogP contribution in [-0.4, -0.2) is 18.3 Å². The maximum absolute atomic E-state index is 11.7. The fourth-order valence-electron chi connectivity index (χ4n) is 1.33. The van der Waals surface area contributed by atoms with Crippen molar-refractivity contribution >= 4 is 28.8 Å². The molecule has 1 N–H and O–H groups in total. The van der Waals surface area contributed by atoms with Gasteiger partial charge in [0, 0.05) is 17.3 Å². The van der Waals surface area contributed by atoms with E-state index in [1.54, 1.807) is 11.3 Å². The van der Waals surface area contributed by atoms with Crippen LogP contribution in [0.15, 0.2) is 12.1 Å². The summed E-state index contributed by atoms with van der Waals surface area (Å²) >= 11 is 7.21. The van der Waals surface area contributed by atoms with Crippen LogP contribution < -0.4 is 5.32 Å². The molecule has 0 saturated heterocycles. The maximum Gasteiger partial charge on any atom is 0.261 e. The second kappa shape index (κ2) is 6.92. The van der Waals surface area contributed by atoms with Gasteiger partial charge in [0.05, 0.1) is 4.88 Å². The SMILES string of the molecule is CCc1ccc(C(=O)NCC(C)CCCl)s1. The van der Waals surface area contributed by atoms with E-state index < -0.39 is 0 Å². The third-order valence-corrected chi connectivity index (χ3v) is 3.89. The minimum atomic E-state index is 0.0334. The summed E-state index contributed by atoms with van der Waals surface area (Å²) in [4.78, 5) is 13.8. The highest BCUT2D eigenvalue weighted by molar-refractivity contribution is 7.14. The number of amides is 1. The number of hydrogen-bond donors (Lipinski definition) is 1. The van der Waals surface area contributed by atoms with Gasteiger partial charge >= 0.3 is 0 Å². The fourth-order valence-corrected chi connectivity index (χ4v) is 2.57. The van der Waals surface area contributed by atoms with Crippen molar-refractivity contribution in [2.45, 2.75) is 26.7 Å². The van der Waals surface area contributed by atoms with E-state index in [-0.39, 0.29) is 5.91 Å². The van der Waals surface area contributed by atoms with Gasteiger partial charge in [0.2, 0.25) is 0 Å². The zero-order valence-electron chi connectivity index (χ0n) is 9.75. The van der Waals surface area contributed by atoms with Gasteiger partial charge in [0.25, 0.3) is 5.91 Å². The molecule has 1 rings (SSSR count). The lowest BCUT2D eigenvalue weighted by atomic mass is 10.1. The van der Waals surface area contributed by atoms with E-state index in [9.17, 15) is 4.79 Å². The topological polar surface area (TPSA) is 29.1 Å². The Morgan fingerprint density at radius 1 is 1.56 bits per heavy atom. The van der Waals surface area contributed by atoms with Crippen LogP contribution in [0.5, 0.6) is 0 Å². The standard InChI is InChI=1S/C12H18ClNOS/c1-3-10-4-5-11(16-10)12(15)14-8-9(2)6-7-13/h4-5,9H,3,6-8H2,1-2H3,(H,14,15). The zero-order chi connectivity index (χ0) is 12.0. The van der Waals surface area contributed by atoms with Crippen molar-refractivity contribution in [1.82, 2.24) is 5.32 Å². The average molecular weight is 260 g/mol. The lowest BCUT2D eigenvalue weighted by Crippen LogP contribution is -2.27. The van der Waals surface area contributed by atoms with E-state index in [1.165, 1.54) is 4.88 Å². The van der Waals surface area contributed by atoms with Gasteiger partial charge in [-0.25, -0.2) is 0 Å². The van der Waals surface area contributed by atoms with Crippen LogP contribution in [0.3, 0.4) is 0 Å². The smallest absolute Gasteiger partial charge is 0.261 e. The monoisotopic (exact) mass is 259 g/mol. The molecule has 1 atom stereocenters. The molecule has 0 spiro atoms. The molecule has 0 aliphatic carbocycles. The van der Waals surface area contributed by atoms with E-state index in [0.29, 0.717) is 18.3 Å². The Kier molecular flexibility index (Phi) is 5.85. The van der Waals surface area contributed by atoms with Gasteiger partial charge in [-0.2, -0.15) is 0 Å². The molecule has 0 aromatic carbocycles. The molecule has 1 aromatic rings. The highest BCUT2D eigenvalue weighted by Crippen LogP contribution is 2.16. The Bertz CT molecular complexity index is 338. The van der Waals surface area contributed by atoms with Crippen molar-refractivity contribution in [2.75, 3.05) is 12.4 Å². The Labute approximate surface area is 106 Å². The van der Waals surface area contributed by atoms with Crippen LogP contribution in [0.2, 0.25) is 0 Å². The Morgan fingerprint density at radius 2 is 2.31 bits per heavy atom. The molecule has 1 heterocycles. The van der Waals surface area contributed by atoms with Gasteiger partial charge in [0.15, 0.2) is 0 Å². The van der Waals surface area contributed by atoms with Crippen LogP contribution in [0.25, 0.3) is 0 Å². The molecule has 0 bridgehead atoms. The number of halogens is 1. The molecule has 0 radical (unpaired) electrons. The molecule has 0 aliphatic heterocycles. The molecular formula is C12H18ClNOS. The second-order valence-corrected chi connectivity index (χ2v) is 5.46. The molecule has 2 nitrogen and oxygen atoms in total. The maximum atomic E-state index is 11.7. The average Bonchev–Trinajstić information content (AvgIpc) is 2.75. The molecule has 1 unspecified atom stereocenters. The Morgan fingerprint density at radius 3 is 2.88 bits per heavy atom. The number of thiophene rings is 1. The van der Waals surface area contributed by atoms with Crippen LogP contribution in [0.4, 0.5) is 0 Å². The normalized spacial score (nSPS) is 12.4. The minimum absolute atomic E-state index is 0.0334. The Hall–Kier alpha value is -0.540. The van der Waals surface area contributed by atoms with Gasteiger partial charge in [-0.3, -0.25) is 4.79 Å². The van der Waals surface area contributed by atoms with E-state index in [0.717, 1.165) is 17.7 Å². The van der Waals surface area contributed by atoms with Crippen molar-refractivity contribution in [2.24, 2.45) is 5.92 Å². The van der Waals surface area contributed by atoms with Crippen LogP contribution in [0, 0.1) is 5.92 Å². The predicted octanol–water partition coefficient (Wildman–Crippen LogP) is 3.31. The quantitative estimate of drug-likeness (QED) is 0.781. The predicted molar refractivity (Wildman–Crippen MR) is 70.5 cm³/mol. The highest BCUT2D eigenvalue weighted by Gasteiger charge is 2.09. The van der Waals surface area contributed by atoms with Crippen LogP contribution in [0.1, 0.15) is 34.8 Å². The van der Waals surface area contributed by atoms with Crippen molar-refractivity contribution in [3.05, 3.63) is 21.9 Å². The molecule has 16 heavy (non-hydrogen) atoms. The molecule has 0 saturated carbocycles. The summed E-state index contributed by atoms with van der Waals surface area (Å²) in [6.45, 7) is 4.88. The second-order valence-electron chi connectivity index (χ2n) is 3.91. The summed E-state index contributed by atoms with van der Waals surface area (Å²) in [6, 6.07) is 3.91. The summed E-state index contributed by atoms with van der Waals surface area (Å²) in [7, 11) is 0. The summed E-state index contributed by atoms with van der Waals surface area (Å²) in [5.41, 5.74) is 0. The summed E-state index contributed by atoms with van der Waals surface area (Å²) in [5, 5.41) is 2.93. The van der Waals surface area contributed by atoms with Crippen LogP contribution in [-0.2, 0) is 6.42 Å². The zero-order valence-corrected chi connectivity index (χ0v) is 11.3. The molecule has 1 aromatic heterocycles. The number of aryl methyl sites for hydroxylation is 1. The molecule has 0 fully saturated rings. The van der Waals surface area contributed by atoms with Gasteiger partial charge < -0.3 is 5.32 Å². The first-order chi connectivity index (χ1) is 7.67. The third-order valence-electron chi connectivity index (χ3n) is 2.45. The fraction of sp³-hybridized carbons (Fsp3) is 0.583. The van der Waals surface area contributed by atoms with Gasteiger partial charge in [-0.05, 0) is 30.9 Å². The first kappa shape index (κ1) is 13.5. The number of hydrogen-bond acceptors (Lipinski definition) is 2. The summed E-state index contributed by atoms with van der Waals surface area (Å²) in [5.74, 6) is 1.12. The van der Waals surface area contributed by atoms with Gasteiger partial charge in [-0.15, -0.1) is 22.9 Å². The number of nitrogens with one attached hydrogen (secondary N) is 1. The molecule has 4 heteroatoms. The van der Waals surface area contributed by atoms with E-state index in [4.69, 9.17) is 11.6 Å². The minimum Gasteiger partial charge on any atom is -0.351 e. The lowest BCUT2D eigenvalue weighted by molar-refractivity contribution is 0.0952. The number of rotatable bonds is 6. The lowest BCUT2D eigenvalue weighted by Gasteiger charge is -2.09. The van der Waals surface area contributed by atoms with Crippen molar-refractivity contribution in [3.63, 3.8) is 0 Å². The van der Waals surface area contributed by atoms with Gasteiger partial charge in [0.1, 0.15) is 0 Å². The van der Waals surface area contributed by atoms with E-state index in [1.807, 2.05) is 12.1 Å². The van der Waals surface area contributed by atoms with Gasteiger partial charge in [-0.1, -0.05) is 13.8 Å². The number of carbonyl (C=O) groups is 1. The molecule has 90 valence electrons.